The van der Waals surface area contributed by atoms with Crippen LogP contribution >= 0.6 is 0 Å². The lowest BCUT2D eigenvalue weighted by atomic mass is 10.0. The molecule has 1 atom stereocenters. The number of hydrogen-bond donors (Lipinski definition) is 3. The van der Waals surface area contributed by atoms with Gasteiger partial charge in [0.25, 0.3) is 0 Å². The molecule has 0 spiro atoms. The summed E-state index contributed by atoms with van der Waals surface area (Å²) in [5.41, 5.74) is 4.36. The molecule has 5 heteroatoms. The van der Waals surface area contributed by atoms with Crippen molar-refractivity contribution in [3.05, 3.63) is 18.0 Å². The van der Waals surface area contributed by atoms with Crippen molar-refractivity contribution in [3.63, 3.8) is 0 Å². The van der Waals surface area contributed by atoms with Gasteiger partial charge in [0.1, 0.15) is 0 Å². The van der Waals surface area contributed by atoms with E-state index in [0.29, 0.717) is 5.69 Å². The van der Waals surface area contributed by atoms with E-state index in [1.807, 2.05) is 0 Å². The maximum Gasteiger partial charge on any atom is 0.329 e. The van der Waals surface area contributed by atoms with E-state index in [4.69, 9.17) is 10.8 Å². The van der Waals surface area contributed by atoms with Crippen molar-refractivity contribution >= 4 is 5.97 Å². The van der Waals surface area contributed by atoms with E-state index in [-0.39, 0.29) is 0 Å². The first-order chi connectivity index (χ1) is 5.05. The minimum atomic E-state index is -1.40. The standard InChI is InChI=1S/C6H9N3O2/c1-6(7,5(10)11)4-2-3-8-9-4/h2-3H,7H2,1H3,(H,8,9)(H,10,11). The molecule has 0 bridgehead atoms. The van der Waals surface area contributed by atoms with Crippen LogP contribution in [-0.2, 0) is 10.3 Å². The molecule has 0 radical (unpaired) electrons. The Balaban J connectivity index is 3.00. The Morgan fingerprint density at radius 2 is 2.55 bits per heavy atom. The van der Waals surface area contributed by atoms with Gasteiger partial charge in [-0.25, -0.2) is 4.79 Å². The van der Waals surface area contributed by atoms with Gasteiger partial charge in [-0.1, -0.05) is 0 Å². The molecule has 1 aromatic rings. The maximum absolute atomic E-state index is 10.5. The number of rotatable bonds is 2. The monoisotopic (exact) mass is 155 g/mol. The zero-order valence-electron chi connectivity index (χ0n) is 6.03. The van der Waals surface area contributed by atoms with Crippen LogP contribution in [0.5, 0.6) is 0 Å². The predicted octanol–water partition coefficient (Wildman–Crippen LogP) is -0.332. The van der Waals surface area contributed by atoms with Crippen LogP contribution in [0.4, 0.5) is 0 Å². The third-order valence-electron chi connectivity index (χ3n) is 1.48. The van der Waals surface area contributed by atoms with Crippen molar-refractivity contribution in [3.8, 4) is 0 Å². The van der Waals surface area contributed by atoms with Crippen molar-refractivity contribution < 1.29 is 9.90 Å². The summed E-state index contributed by atoms with van der Waals surface area (Å²) in [5.74, 6) is -1.09. The zero-order valence-corrected chi connectivity index (χ0v) is 6.03. The summed E-state index contributed by atoms with van der Waals surface area (Å²) in [5, 5.41) is 14.8. The van der Waals surface area contributed by atoms with Crippen LogP contribution in [0.15, 0.2) is 12.3 Å². The Morgan fingerprint density at radius 3 is 2.91 bits per heavy atom. The van der Waals surface area contributed by atoms with E-state index in [1.165, 1.54) is 19.2 Å². The molecule has 0 aliphatic heterocycles. The van der Waals surface area contributed by atoms with E-state index in [1.54, 1.807) is 0 Å². The number of carboxylic acid groups (broad SMARTS) is 1. The fourth-order valence-corrected chi connectivity index (χ4v) is 0.659. The van der Waals surface area contributed by atoms with Gasteiger partial charge < -0.3 is 10.8 Å². The molecule has 0 aliphatic carbocycles. The highest BCUT2D eigenvalue weighted by Crippen LogP contribution is 2.13. The average molecular weight is 155 g/mol. The van der Waals surface area contributed by atoms with E-state index in [2.05, 4.69) is 10.2 Å². The molecule has 0 aromatic carbocycles. The quantitative estimate of drug-likeness (QED) is 0.545. The van der Waals surface area contributed by atoms with Crippen molar-refractivity contribution in [1.82, 2.24) is 10.2 Å². The SMILES string of the molecule is CC(N)(C(=O)O)c1cc[nH]n1. The minimum absolute atomic E-state index is 0.324. The summed E-state index contributed by atoms with van der Waals surface area (Å²) in [6.07, 6.45) is 1.53. The number of aliphatic carboxylic acids is 1. The smallest absolute Gasteiger partial charge is 0.329 e. The van der Waals surface area contributed by atoms with Crippen molar-refractivity contribution in [2.24, 2.45) is 5.73 Å². The number of carboxylic acids is 1. The molecule has 4 N–H and O–H groups in total. The van der Waals surface area contributed by atoms with Gasteiger partial charge in [0.05, 0.1) is 5.69 Å². The Hall–Kier alpha value is -1.36. The van der Waals surface area contributed by atoms with Crippen LogP contribution in [0, 0.1) is 0 Å². The van der Waals surface area contributed by atoms with E-state index >= 15 is 0 Å². The molecule has 11 heavy (non-hydrogen) atoms. The largest absolute Gasteiger partial charge is 0.480 e. The first-order valence-corrected chi connectivity index (χ1v) is 3.07. The van der Waals surface area contributed by atoms with Crippen LogP contribution in [-0.4, -0.2) is 21.3 Å². The second kappa shape index (κ2) is 2.35. The molecule has 0 aliphatic rings. The number of nitrogens with one attached hydrogen (secondary N) is 1. The second-order valence-corrected chi connectivity index (χ2v) is 2.47. The van der Waals surface area contributed by atoms with Crippen LogP contribution in [0.3, 0.4) is 0 Å². The Morgan fingerprint density at radius 1 is 1.91 bits per heavy atom. The van der Waals surface area contributed by atoms with Crippen LogP contribution in [0.25, 0.3) is 0 Å². The van der Waals surface area contributed by atoms with Gasteiger partial charge >= 0.3 is 5.97 Å². The van der Waals surface area contributed by atoms with Gasteiger partial charge in [-0.05, 0) is 13.0 Å². The fourth-order valence-electron chi connectivity index (χ4n) is 0.659. The minimum Gasteiger partial charge on any atom is -0.480 e. The summed E-state index contributed by atoms with van der Waals surface area (Å²) in [7, 11) is 0. The summed E-state index contributed by atoms with van der Waals surface area (Å²) in [6.45, 7) is 1.39. The Kier molecular flexibility index (Phi) is 1.66. The van der Waals surface area contributed by atoms with E-state index < -0.39 is 11.5 Å². The second-order valence-electron chi connectivity index (χ2n) is 2.47. The first-order valence-electron chi connectivity index (χ1n) is 3.07. The molecular formula is C6H9N3O2. The maximum atomic E-state index is 10.5. The molecule has 0 fully saturated rings. The molecule has 0 saturated carbocycles. The number of nitrogens with two attached hydrogens (primary N) is 1. The Bertz CT molecular complexity index is 253. The normalized spacial score (nSPS) is 15.8. The molecule has 1 unspecified atom stereocenters. The van der Waals surface area contributed by atoms with Gasteiger partial charge in [-0.3, -0.25) is 5.10 Å². The van der Waals surface area contributed by atoms with Crippen molar-refractivity contribution in [2.45, 2.75) is 12.5 Å². The molecule has 1 aromatic heterocycles. The van der Waals surface area contributed by atoms with Crippen LogP contribution in [0.1, 0.15) is 12.6 Å². The highest BCUT2D eigenvalue weighted by atomic mass is 16.4. The number of carbonyl (C=O) groups is 1. The molecule has 60 valence electrons. The number of nitrogens with zero attached hydrogens (tertiary/aromatic N) is 1. The van der Waals surface area contributed by atoms with Crippen LogP contribution < -0.4 is 5.73 Å². The molecule has 1 heterocycles. The number of hydrogen-bond acceptors (Lipinski definition) is 3. The Labute approximate surface area is 63.2 Å². The molecule has 5 nitrogen and oxygen atoms in total. The van der Waals surface area contributed by atoms with Crippen molar-refractivity contribution in [1.29, 1.82) is 0 Å². The highest BCUT2D eigenvalue weighted by molar-refractivity contribution is 5.79. The number of H-pyrrole nitrogens is 1. The topological polar surface area (TPSA) is 92.0 Å². The molecule has 0 saturated heterocycles. The van der Waals surface area contributed by atoms with Gasteiger partial charge in [-0.15, -0.1) is 0 Å². The lowest BCUT2D eigenvalue weighted by Gasteiger charge is -2.15. The summed E-state index contributed by atoms with van der Waals surface area (Å²) in [4.78, 5) is 10.5. The first kappa shape index (κ1) is 7.74. The molecular weight excluding hydrogens is 146 g/mol. The van der Waals surface area contributed by atoms with Gasteiger partial charge in [0, 0.05) is 6.20 Å². The lowest BCUT2D eigenvalue weighted by molar-refractivity contribution is -0.143. The summed E-state index contributed by atoms with van der Waals surface area (Å²) in [6, 6.07) is 1.54. The van der Waals surface area contributed by atoms with E-state index in [0.717, 1.165) is 0 Å². The predicted molar refractivity (Wildman–Crippen MR) is 37.8 cm³/mol. The van der Waals surface area contributed by atoms with Gasteiger partial charge in [-0.2, -0.15) is 5.10 Å². The summed E-state index contributed by atoms with van der Waals surface area (Å²) >= 11 is 0. The van der Waals surface area contributed by atoms with E-state index in [9.17, 15) is 4.79 Å². The molecule has 1 rings (SSSR count). The molecule has 0 amide bonds. The van der Waals surface area contributed by atoms with Gasteiger partial charge in [0.15, 0.2) is 5.54 Å². The zero-order chi connectivity index (χ0) is 8.48. The highest BCUT2D eigenvalue weighted by Gasteiger charge is 2.32. The van der Waals surface area contributed by atoms with Gasteiger partial charge in [0.2, 0.25) is 0 Å². The lowest BCUT2D eigenvalue weighted by Crippen LogP contribution is -2.42. The van der Waals surface area contributed by atoms with Crippen LogP contribution in [0.2, 0.25) is 0 Å². The number of aromatic nitrogens is 2. The average Bonchev–Trinajstić information content (AvgIpc) is 2.37. The third-order valence-corrected chi connectivity index (χ3v) is 1.48. The number of aromatic amines is 1. The third kappa shape index (κ3) is 1.22. The fraction of sp³-hybridized carbons (Fsp3) is 0.333. The van der Waals surface area contributed by atoms with Crippen molar-refractivity contribution in [2.75, 3.05) is 0 Å². The summed E-state index contributed by atoms with van der Waals surface area (Å²) < 4.78 is 0.